The normalized spacial score (nSPS) is 10.3. The van der Waals surface area contributed by atoms with Gasteiger partial charge in [-0.3, -0.25) is 0 Å². The summed E-state index contributed by atoms with van der Waals surface area (Å²) in [5.41, 5.74) is 8.40. The zero-order valence-corrected chi connectivity index (χ0v) is 11.4. The molecular formula is C14H14ClFN2O. The van der Waals surface area contributed by atoms with Gasteiger partial charge in [-0.2, -0.15) is 0 Å². The molecule has 2 aromatic rings. The number of ether oxygens (including phenoxy) is 1. The van der Waals surface area contributed by atoms with Crippen LogP contribution in [0.4, 0.5) is 21.5 Å². The van der Waals surface area contributed by atoms with Crippen molar-refractivity contribution in [1.29, 1.82) is 0 Å². The number of aryl methyl sites for hydroxylation is 1. The Kier molecular flexibility index (Phi) is 3.81. The van der Waals surface area contributed by atoms with Crippen molar-refractivity contribution < 1.29 is 9.13 Å². The van der Waals surface area contributed by atoms with Crippen LogP contribution in [0.1, 0.15) is 5.56 Å². The van der Waals surface area contributed by atoms with E-state index < -0.39 is 5.82 Å². The Morgan fingerprint density at radius 3 is 2.63 bits per heavy atom. The molecule has 3 N–H and O–H groups in total. The first-order chi connectivity index (χ1) is 9.01. The molecule has 100 valence electrons. The zero-order valence-electron chi connectivity index (χ0n) is 10.6. The van der Waals surface area contributed by atoms with E-state index >= 15 is 0 Å². The standard InChI is InChI=1S/C14H14ClFN2O/c1-8-3-4-14(19-2)13(5-8)18-12-6-9(15)10(16)7-11(12)17/h3-7,18H,17H2,1-2H3. The number of rotatable bonds is 3. The van der Waals surface area contributed by atoms with Crippen LogP contribution < -0.4 is 15.8 Å². The maximum atomic E-state index is 13.2. The molecule has 0 radical (unpaired) electrons. The summed E-state index contributed by atoms with van der Waals surface area (Å²) in [6.07, 6.45) is 0. The lowest BCUT2D eigenvalue weighted by Gasteiger charge is -2.14. The number of anilines is 3. The van der Waals surface area contributed by atoms with Crippen LogP contribution in [0.3, 0.4) is 0 Å². The Bertz CT molecular complexity index is 617. The van der Waals surface area contributed by atoms with E-state index in [-0.39, 0.29) is 10.7 Å². The number of halogens is 2. The van der Waals surface area contributed by atoms with Crippen LogP contribution in [-0.2, 0) is 0 Å². The Morgan fingerprint density at radius 2 is 1.95 bits per heavy atom. The topological polar surface area (TPSA) is 47.3 Å². The highest BCUT2D eigenvalue weighted by Gasteiger charge is 2.09. The molecule has 5 heteroatoms. The lowest BCUT2D eigenvalue weighted by atomic mass is 10.2. The van der Waals surface area contributed by atoms with E-state index in [1.54, 1.807) is 7.11 Å². The van der Waals surface area contributed by atoms with Crippen molar-refractivity contribution in [3.63, 3.8) is 0 Å². The third-order valence-corrected chi connectivity index (χ3v) is 3.01. The van der Waals surface area contributed by atoms with Gasteiger partial charge in [-0.15, -0.1) is 0 Å². The van der Waals surface area contributed by atoms with E-state index in [4.69, 9.17) is 22.1 Å². The largest absolute Gasteiger partial charge is 0.495 e. The van der Waals surface area contributed by atoms with Crippen LogP contribution in [0, 0.1) is 12.7 Å². The van der Waals surface area contributed by atoms with Crippen molar-refractivity contribution in [1.82, 2.24) is 0 Å². The fourth-order valence-electron chi connectivity index (χ4n) is 1.74. The lowest BCUT2D eigenvalue weighted by Crippen LogP contribution is -1.99. The van der Waals surface area contributed by atoms with Gasteiger partial charge in [0.25, 0.3) is 0 Å². The van der Waals surface area contributed by atoms with Gasteiger partial charge in [0.05, 0.1) is 29.2 Å². The van der Waals surface area contributed by atoms with Crippen LogP contribution in [0.2, 0.25) is 5.02 Å². The van der Waals surface area contributed by atoms with Crippen LogP contribution in [0.5, 0.6) is 5.75 Å². The van der Waals surface area contributed by atoms with Crippen LogP contribution in [-0.4, -0.2) is 7.11 Å². The second-order valence-corrected chi connectivity index (χ2v) is 4.59. The molecule has 0 heterocycles. The van der Waals surface area contributed by atoms with Crippen LogP contribution >= 0.6 is 11.6 Å². The highest BCUT2D eigenvalue weighted by molar-refractivity contribution is 6.31. The van der Waals surface area contributed by atoms with Gasteiger partial charge in [-0.1, -0.05) is 17.7 Å². The first-order valence-electron chi connectivity index (χ1n) is 5.67. The number of nitrogens with two attached hydrogens (primary N) is 1. The molecule has 0 bridgehead atoms. The van der Waals surface area contributed by atoms with Gasteiger partial charge in [0, 0.05) is 6.07 Å². The molecule has 0 saturated carbocycles. The van der Waals surface area contributed by atoms with Gasteiger partial charge in [-0.25, -0.2) is 4.39 Å². The summed E-state index contributed by atoms with van der Waals surface area (Å²) in [5.74, 6) is 0.131. The van der Waals surface area contributed by atoms with Crippen molar-refractivity contribution in [2.45, 2.75) is 6.92 Å². The monoisotopic (exact) mass is 280 g/mol. The predicted octanol–water partition coefficient (Wildman–Crippen LogP) is 4.12. The van der Waals surface area contributed by atoms with Gasteiger partial charge in [0.15, 0.2) is 0 Å². The maximum Gasteiger partial charge on any atom is 0.143 e. The molecule has 2 aromatic carbocycles. The van der Waals surface area contributed by atoms with Crippen LogP contribution in [0.25, 0.3) is 0 Å². The van der Waals surface area contributed by atoms with Gasteiger partial charge in [-0.05, 0) is 30.7 Å². The number of hydrogen-bond donors (Lipinski definition) is 2. The smallest absolute Gasteiger partial charge is 0.143 e. The third-order valence-electron chi connectivity index (χ3n) is 2.72. The SMILES string of the molecule is COc1ccc(C)cc1Nc1cc(Cl)c(F)cc1N. The quantitative estimate of drug-likeness (QED) is 0.831. The molecule has 0 spiro atoms. The van der Waals surface area contributed by atoms with Gasteiger partial charge < -0.3 is 15.8 Å². The summed E-state index contributed by atoms with van der Waals surface area (Å²) in [6.45, 7) is 1.96. The Morgan fingerprint density at radius 1 is 1.21 bits per heavy atom. The molecular weight excluding hydrogens is 267 g/mol. The molecule has 0 unspecified atom stereocenters. The van der Waals surface area contributed by atoms with E-state index in [1.807, 2.05) is 25.1 Å². The summed E-state index contributed by atoms with van der Waals surface area (Å²) >= 11 is 5.76. The zero-order chi connectivity index (χ0) is 14.0. The lowest BCUT2D eigenvalue weighted by molar-refractivity contribution is 0.416. The average Bonchev–Trinajstić information content (AvgIpc) is 2.36. The minimum atomic E-state index is -0.541. The first-order valence-corrected chi connectivity index (χ1v) is 6.05. The number of benzene rings is 2. The summed E-state index contributed by atoms with van der Waals surface area (Å²) in [4.78, 5) is 0. The highest BCUT2D eigenvalue weighted by Crippen LogP contribution is 2.33. The maximum absolute atomic E-state index is 13.2. The summed E-state index contributed by atoms with van der Waals surface area (Å²) < 4.78 is 18.5. The number of nitrogens with one attached hydrogen (secondary N) is 1. The fourth-order valence-corrected chi connectivity index (χ4v) is 1.90. The second-order valence-electron chi connectivity index (χ2n) is 4.18. The van der Waals surface area contributed by atoms with Gasteiger partial charge >= 0.3 is 0 Å². The van der Waals surface area contributed by atoms with E-state index in [0.717, 1.165) is 11.3 Å². The Hall–Kier alpha value is -1.94. The number of methoxy groups -OCH3 is 1. The number of hydrogen-bond acceptors (Lipinski definition) is 3. The van der Waals surface area contributed by atoms with Gasteiger partial charge in [0.1, 0.15) is 11.6 Å². The third kappa shape index (κ3) is 2.90. The fraction of sp³-hybridized carbons (Fsp3) is 0.143. The van der Waals surface area contributed by atoms with Crippen LogP contribution in [0.15, 0.2) is 30.3 Å². The molecule has 0 saturated heterocycles. The molecule has 0 aliphatic carbocycles. The molecule has 0 aliphatic heterocycles. The molecule has 19 heavy (non-hydrogen) atoms. The van der Waals surface area contributed by atoms with E-state index in [2.05, 4.69) is 5.32 Å². The molecule has 0 atom stereocenters. The Labute approximate surface area is 116 Å². The summed E-state index contributed by atoms with van der Waals surface area (Å²) in [5, 5.41) is 3.12. The number of nitrogen functional groups attached to an aromatic ring is 1. The predicted molar refractivity (Wildman–Crippen MR) is 76.8 cm³/mol. The summed E-state index contributed by atoms with van der Waals surface area (Å²) in [7, 11) is 1.58. The molecule has 0 amide bonds. The minimum absolute atomic E-state index is 0.0170. The van der Waals surface area contributed by atoms with Crippen molar-refractivity contribution >= 4 is 28.7 Å². The average molecular weight is 281 g/mol. The molecule has 0 aliphatic rings. The van der Waals surface area contributed by atoms with Crippen molar-refractivity contribution in [2.24, 2.45) is 0 Å². The molecule has 0 fully saturated rings. The Balaban J connectivity index is 2.41. The van der Waals surface area contributed by atoms with E-state index in [0.29, 0.717) is 11.4 Å². The highest BCUT2D eigenvalue weighted by atomic mass is 35.5. The minimum Gasteiger partial charge on any atom is -0.495 e. The van der Waals surface area contributed by atoms with Crippen molar-refractivity contribution in [3.8, 4) is 5.75 Å². The molecule has 2 rings (SSSR count). The molecule has 3 nitrogen and oxygen atoms in total. The first kappa shape index (κ1) is 13.5. The van der Waals surface area contributed by atoms with Crippen molar-refractivity contribution in [2.75, 3.05) is 18.2 Å². The summed E-state index contributed by atoms with van der Waals surface area (Å²) in [6, 6.07) is 8.33. The molecule has 0 aromatic heterocycles. The van der Waals surface area contributed by atoms with Gasteiger partial charge in [0.2, 0.25) is 0 Å². The van der Waals surface area contributed by atoms with E-state index in [9.17, 15) is 4.39 Å². The van der Waals surface area contributed by atoms with E-state index in [1.165, 1.54) is 12.1 Å². The second kappa shape index (κ2) is 5.36. The van der Waals surface area contributed by atoms with Crippen molar-refractivity contribution in [3.05, 3.63) is 46.7 Å².